The third-order valence-corrected chi connectivity index (χ3v) is 6.96. The van der Waals surface area contributed by atoms with Crippen molar-refractivity contribution in [2.45, 2.75) is 33.1 Å². The maximum atomic E-state index is 13.3. The van der Waals surface area contributed by atoms with Crippen LogP contribution in [0.1, 0.15) is 36.7 Å². The summed E-state index contributed by atoms with van der Waals surface area (Å²) in [5, 5.41) is 19.3. The minimum atomic E-state index is -0.608. The van der Waals surface area contributed by atoms with Crippen molar-refractivity contribution in [3.05, 3.63) is 101 Å². The fourth-order valence-corrected chi connectivity index (χ4v) is 4.80. The van der Waals surface area contributed by atoms with E-state index >= 15 is 0 Å². The van der Waals surface area contributed by atoms with Crippen molar-refractivity contribution in [2.75, 3.05) is 11.9 Å². The molecule has 10 nitrogen and oxygen atoms in total. The first-order valence-electron chi connectivity index (χ1n) is 12.4. The average Bonchev–Trinajstić information content (AvgIpc) is 2.92. The molecule has 0 aliphatic carbocycles. The minimum absolute atomic E-state index is 0.0979. The number of nitro benzene ring substituents is 1. The van der Waals surface area contributed by atoms with Gasteiger partial charge in [0, 0.05) is 28.2 Å². The number of nitro groups is 1. The third-order valence-electron chi connectivity index (χ3n) is 5.88. The highest BCUT2D eigenvalue weighted by Crippen LogP contribution is 2.36. The fourth-order valence-electron chi connectivity index (χ4n) is 3.86. The molecule has 0 saturated heterocycles. The fraction of sp³-hybridized carbons (Fsp3) is 0.214. The first-order chi connectivity index (χ1) is 19.2. The summed E-state index contributed by atoms with van der Waals surface area (Å²) in [6, 6.07) is 15.3. The molecule has 0 atom stereocenters. The number of nitrogens with one attached hydrogen (secondary N) is 1. The zero-order valence-electron chi connectivity index (χ0n) is 21.7. The number of benzene rings is 3. The van der Waals surface area contributed by atoms with Crippen LogP contribution in [0.2, 0.25) is 0 Å². The molecule has 1 N–H and O–H groups in total. The maximum Gasteiger partial charge on any atom is 0.312 e. The molecule has 206 valence electrons. The molecule has 1 heterocycles. The summed E-state index contributed by atoms with van der Waals surface area (Å²) in [6.07, 6.45) is 3.61. The van der Waals surface area contributed by atoms with Gasteiger partial charge in [0.15, 0.2) is 6.61 Å². The van der Waals surface area contributed by atoms with E-state index in [9.17, 15) is 19.7 Å². The van der Waals surface area contributed by atoms with Crippen LogP contribution in [-0.2, 0) is 11.2 Å². The maximum absolute atomic E-state index is 13.3. The van der Waals surface area contributed by atoms with Crippen LogP contribution in [0.3, 0.4) is 0 Å². The zero-order valence-corrected chi connectivity index (χ0v) is 24.9. The molecule has 1 amide bonds. The predicted molar refractivity (Wildman–Crippen MR) is 161 cm³/mol. The lowest BCUT2D eigenvalue weighted by atomic mass is 10.2. The molecular formula is C28H25Br2N5O5. The Morgan fingerprint density at radius 1 is 1.18 bits per heavy atom. The zero-order chi connectivity index (χ0) is 28.8. The number of aryl methyl sites for hydroxylation is 2. The van der Waals surface area contributed by atoms with Gasteiger partial charge in [0.1, 0.15) is 5.82 Å². The third kappa shape index (κ3) is 6.99. The van der Waals surface area contributed by atoms with Crippen molar-refractivity contribution in [1.29, 1.82) is 0 Å². The average molecular weight is 671 g/mol. The van der Waals surface area contributed by atoms with Gasteiger partial charge in [-0.15, -0.1) is 0 Å². The number of rotatable bonds is 10. The number of fused-ring (bicyclic) bond motifs is 1. The van der Waals surface area contributed by atoms with Crippen LogP contribution >= 0.6 is 31.9 Å². The molecule has 0 bridgehead atoms. The van der Waals surface area contributed by atoms with Gasteiger partial charge in [0.25, 0.3) is 11.5 Å². The van der Waals surface area contributed by atoms with Gasteiger partial charge in [-0.2, -0.15) is 9.78 Å². The van der Waals surface area contributed by atoms with Crippen LogP contribution in [0.4, 0.5) is 11.4 Å². The molecule has 12 heteroatoms. The molecule has 3 aromatic carbocycles. The van der Waals surface area contributed by atoms with Crippen molar-refractivity contribution in [3.63, 3.8) is 0 Å². The lowest BCUT2D eigenvalue weighted by Gasteiger charge is -2.11. The van der Waals surface area contributed by atoms with E-state index in [4.69, 9.17) is 4.74 Å². The molecule has 4 rings (SSSR count). The Morgan fingerprint density at radius 3 is 2.62 bits per heavy atom. The van der Waals surface area contributed by atoms with Crippen molar-refractivity contribution >= 4 is 66.3 Å². The number of ether oxygens (including phenoxy) is 1. The van der Waals surface area contributed by atoms with E-state index < -0.39 is 17.4 Å². The number of amides is 1. The Bertz CT molecular complexity index is 1670. The monoisotopic (exact) mass is 669 g/mol. The van der Waals surface area contributed by atoms with Gasteiger partial charge in [-0.25, -0.2) is 4.98 Å². The number of unbranched alkanes of at least 4 members (excludes halogenated alkanes) is 1. The molecule has 1 aromatic heterocycles. The van der Waals surface area contributed by atoms with E-state index in [0.29, 0.717) is 34.4 Å². The first kappa shape index (κ1) is 29.1. The van der Waals surface area contributed by atoms with Gasteiger partial charge in [-0.3, -0.25) is 19.7 Å². The van der Waals surface area contributed by atoms with Crippen LogP contribution in [-0.4, -0.2) is 33.3 Å². The Labute approximate surface area is 246 Å². The number of carbonyl (C=O) groups is 1. The quantitative estimate of drug-likeness (QED) is 0.118. The predicted octanol–water partition coefficient (Wildman–Crippen LogP) is 6.38. The first-order valence-corrected chi connectivity index (χ1v) is 14.0. The molecule has 0 unspecified atom stereocenters. The van der Waals surface area contributed by atoms with E-state index in [1.807, 2.05) is 32.0 Å². The standard InChI is InChI=1S/C28H25Br2N5O5/c1-3-4-5-25-33-23-11-8-19(29)14-21(23)28(37)34(25)31-15-18-12-22(30)27(24(13-18)35(38)39)40-16-26(36)32-20-9-6-17(2)7-10-20/h6-15H,3-5,16H2,1-2H3,(H,32,36). The number of aromatic nitrogens is 2. The Kier molecular flexibility index (Phi) is 9.43. The molecular weight excluding hydrogens is 646 g/mol. The van der Waals surface area contributed by atoms with E-state index in [2.05, 4.69) is 47.3 Å². The smallest absolute Gasteiger partial charge is 0.312 e. The van der Waals surface area contributed by atoms with Crippen molar-refractivity contribution in [2.24, 2.45) is 5.10 Å². The molecule has 4 aromatic rings. The Balaban J connectivity index is 1.62. The molecule has 0 aliphatic rings. The highest BCUT2D eigenvalue weighted by molar-refractivity contribution is 9.10. The van der Waals surface area contributed by atoms with Gasteiger partial charge in [0.2, 0.25) is 5.75 Å². The van der Waals surface area contributed by atoms with E-state index in [-0.39, 0.29) is 21.5 Å². The number of carbonyl (C=O) groups excluding carboxylic acids is 1. The minimum Gasteiger partial charge on any atom is -0.476 e. The molecule has 0 fully saturated rings. The van der Waals surface area contributed by atoms with E-state index in [1.54, 1.807) is 30.3 Å². The molecule has 0 aliphatic heterocycles. The summed E-state index contributed by atoms with van der Waals surface area (Å²) in [6.45, 7) is 3.53. The van der Waals surface area contributed by atoms with Crippen molar-refractivity contribution < 1.29 is 14.5 Å². The SMILES string of the molecule is CCCCc1nc2ccc(Br)cc2c(=O)n1N=Cc1cc(Br)c(OCC(=O)Nc2ccc(C)cc2)c([N+](=O)[O-])c1. The Morgan fingerprint density at radius 2 is 1.93 bits per heavy atom. The number of hydrogen-bond acceptors (Lipinski definition) is 7. The molecule has 0 spiro atoms. The molecule has 0 saturated carbocycles. The van der Waals surface area contributed by atoms with Crippen LogP contribution in [0, 0.1) is 17.0 Å². The summed E-state index contributed by atoms with van der Waals surface area (Å²) < 4.78 is 7.75. The van der Waals surface area contributed by atoms with Crippen molar-refractivity contribution in [3.8, 4) is 5.75 Å². The lowest BCUT2D eigenvalue weighted by Crippen LogP contribution is -2.22. The van der Waals surface area contributed by atoms with Gasteiger partial charge in [0.05, 0.1) is 26.5 Å². The molecule has 40 heavy (non-hydrogen) atoms. The largest absolute Gasteiger partial charge is 0.476 e. The second-order valence-electron chi connectivity index (χ2n) is 8.97. The number of nitrogens with zero attached hydrogens (tertiary/aromatic N) is 4. The summed E-state index contributed by atoms with van der Waals surface area (Å²) in [4.78, 5) is 41.5. The summed E-state index contributed by atoms with van der Waals surface area (Å²) >= 11 is 6.70. The number of hydrogen-bond donors (Lipinski definition) is 1. The van der Waals surface area contributed by atoms with Gasteiger partial charge in [-0.05, 0) is 65.7 Å². The highest BCUT2D eigenvalue weighted by atomic mass is 79.9. The Hall–Kier alpha value is -3.90. The normalized spacial score (nSPS) is 11.2. The second kappa shape index (κ2) is 13.0. The lowest BCUT2D eigenvalue weighted by molar-refractivity contribution is -0.385. The summed E-state index contributed by atoms with van der Waals surface area (Å²) in [5.41, 5.74) is 1.84. The second-order valence-corrected chi connectivity index (χ2v) is 10.7. The van der Waals surface area contributed by atoms with E-state index in [0.717, 1.165) is 22.9 Å². The van der Waals surface area contributed by atoms with Crippen LogP contribution in [0.15, 0.2) is 73.4 Å². The molecule has 0 radical (unpaired) electrons. The summed E-state index contributed by atoms with van der Waals surface area (Å²) in [7, 11) is 0. The topological polar surface area (TPSA) is 129 Å². The van der Waals surface area contributed by atoms with Gasteiger partial charge >= 0.3 is 5.69 Å². The van der Waals surface area contributed by atoms with Crippen LogP contribution < -0.4 is 15.6 Å². The van der Waals surface area contributed by atoms with Crippen LogP contribution in [0.5, 0.6) is 5.75 Å². The number of anilines is 1. The van der Waals surface area contributed by atoms with E-state index in [1.165, 1.54) is 17.0 Å². The van der Waals surface area contributed by atoms with Crippen molar-refractivity contribution in [1.82, 2.24) is 9.66 Å². The van der Waals surface area contributed by atoms with Crippen LogP contribution in [0.25, 0.3) is 10.9 Å². The van der Waals surface area contributed by atoms with Gasteiger partial charge in [-0.1, -0.05) is 47.0 Å². The highest BCUT2D eigenvalue weighted by Gasteiger charge is 2.21. The van der Waals surface area contributed by atoms with Gasteiger partial charge < -0.3 is 10.1 Å². The summed E-state index contributed by atoms with van der Waals surface area (Å²) in [5.74, 6) is -0.0737. The number of halogens is 2.